The summed E-state index contributed by atoms with van der Waals surface area (Å²) in [5, 5.41) is 2.79. The maximum Gasteiger partial charge on any atom is 0.239 e. The average molecular weight is 364 g/mol. The van der Waals surface area contributed by atoms with Gasteiger partial charge in [-0.05, 0) is 62.6 Å². The van der Waals surface area contributed by atoms with Gasteiger partial charge in [0.25, 0.3) is 0 Å². The molecule has 0 aliphatic carbocycles. The lowest BCUT2D eigenvalue weighted by molar-refractivity contribution is -0.147. The number of amides is 2. The highest BCUT2D eigenvalue weighted by Gasteiger charge is 2.40. The minimum absolute atomic E-state index is 0.0336. The molecule has 1 heterocycles. The van der Waals surface area contributed by atoms with Crippen LogP contribution in [0.2, 0.25) is 0 Å². The van der Waals surface area contributed by atoms with Gasteiger partial charge in [-0.25, -0.2) is 0 Å². The van der Waals surface area contributed by atoms with E-state index in [0.717, 1.165) is 12.0 Å². The molecule has 0 atom stereocenters. The zero-order chi connectivity index (χ0) is 19.6. The predicted molar refractivity (Wildman–Crippen MR) is 104 cm³/mol. The second-order valence-electron chi connectivity index (χ2n) is 7.46. The molecule has 0 bridgehead atoms. The summed E-state index contributed by atoms with van der Waals surface area (Å²) in [5.74, 6) is -0.578. The fourth-order valence-corrected chi connectivity index (χ4v) is 3.24. The van der Waals surface area contributed by atoms with Crippen LogP contribution in [0.15, 0.2) is 48.5 Å². The SMILES string of the molecule is CC(=O)c1ccc(NC(=O)C(C)(C)C(=O)N2CCc3ccccc3C2)cc1. The van der Waals surface area contributed by atoms with Crippen molar-refractivity contribution in [1.82, 2.24) is 4.90 Å². The lowest BCUT2D eigenvalue weighted by atomic mass is 9.88. The Bertz CT molecular complexity index is 885. The Morgan fingerprint density at radius 2 is 1.59 bits per heavy atom. The van der Waals surface area contributed by atoms with Gasteiger partial charge in [0.05, 0.1) is 0 Å². The predicted octanol–water partition coefficient (Wildman–Crippen LogP) is 3.44. The van der Waals surface area contributed by atoms with Crippen molar-refractivity contribution in [1.29, 1.82) is 0 Å². The van der Waals surface area contributed by atoms with Crippen LogP contribution in [-0.2, 0) is 22.6 Å². The number of nitrogens with zero attached hydrogens (tertiary/aromatic N) is 1. The molecule has 0 fully saturated rings. The first-order valence-electron chi connectivity index (χ1n) is 9.07. The molecule has 0 unspecified atom stereocenters. The van der Waals surface area contributed by atoms with Gasteiger partial charge in [0.2, 0.25) is 11.8 Å². The Hall–Kier alpha value is -2.95. The second kappa shape index (κ2) is 7.35. The van der Waals surface area contributed by atoms with Gasteiger partial charge in [0, 0.05) is 24.3 Å². The molecule has 2 aromatic carbocycles. The van der Waals surface area contributed by atoms with Crippen molar-refractivity contribution in [2.24, 2.45) is 5.41 Å². The Balaban J connectivity index is 1.70. The van der Waals surface area contributed by atoms with E-state index in [1.165, 1.54) is 12.5 Å². The van der Waals surface area contributed by atoms with E-state index in [1.54, 1.807) is 43.0 Å². The molecule has 0 saturated heterocycles. The van der Waals surface area contributed by atoms with Gasteiger partial charge in [0.1, 0.15) is 5.41 Å². The maximum absolute atomic E-state index is 13.0. The normalized spacial score (nSPS) is 13.7. The van der Waals surface area contributed by atoms with E-state index >= 15 is 0 Å². The van der Waals surface area contributed by atoms with Gasteiger partial charge >= 0.3 is 0 Å². The van der Waals surface area contributed by atoms with Crippen molar-refractivity contribution in [2.75, 3.05) is 11.9 Å². The molecule has 0 saturated carbocycles. The Morgan fingerprint density at radius 1 is 0.963 bits per heavy atom. The molecule has 2 amide bonds. The number of carbonyl (C=O) groups is 3. The monoisotopic (exact) mass is 364 g/mol. The van der Waals surface area contributed by atoms with Gasteiger partial charge in [-0.3, -0.25) is 14.4 Å². The summed E-state index contributed by atoms with van der Waals surface area (Å²) < 4.78 is 0. The number of ketones is 1. The first-order chi connectivity index (χ1) is 12.8. The third-order valence-corrected chi connectivity index (χ3v) is 5.07. The highest BCUT2D eigenvalue weighted by Crippen LogP contribution is 2.26. The van der Waals surface area contributed by atoms with Crippen LogP contribution >= 0.6 is 0 Å². The lowest BCUT2D eigenvalue weighted by Crippen LogP contribution is -2.48. The van der Waals surface area contributed by atoms with Crippen molar-refractivity contribution in [3.63, 3.8) is 0 Å². The van der Waals surface area contributed by atoms with Crippen molar-refractivity contribution in [2.45, 2.75) is 33.7 Å². The third-order valence-electron chi connectivity index (χ3n) is 5.07. The van der Waals surface area contributed by atoms with Crippen molar-refractivity contribution in [3.8, 4) is 0 Å². The fourth-order valence-electron chi connectivity index (χ4n) is 3.24. The van der Waals surface area contributed by atoms with Crippen LogP contribution in [0.4, 0.5) is 5.69 Å². The summed E-state index contributed by atoms with van der Waals surface area (Å²) in [6.45, 7) is 5.93. The summed E-state index contributed by atoms with van der Waals surface area (Å²) in [6, 6.07) is 14.7. The number of carbonyl (C=O) groups excluding carboxylic acids is 3. The Morgan fingerprint density at radius 3 is 2.22 bits per heavy atom. The number of rotatable bonds is 4. The molecule has 0 radical (unpaired) electrons. The van der Waals surface area contributed by atoms with Gasteiger partial charge in [-0.2, -0.15) is 0 Å². The number of nitrogens with one attached hydrogen (secondary N) is 1. The molecule has 140 valence electrons. The fraction of sp³-hybridized carbons (Fsp3) is 0.318. The van der Waals surface area contributed by atoms with Crippen LogP contribution in [0, 0.1) is 5.41 Å². The highest BCUT2D eigenvalue weighted by molar-refractivity contribution is 6.10. The molecule has 27 heavy (non-hydrogen) atoms. The molecule has 1 aliphatic rings. The molecule has 2 aromatic rings. The van der Waals surface area contributed by atoms with Crippen LogP contribution in [0.25, 0.3) is 0 Å². The van der Waals surface area contributed by atoms with Gasteiger partial charge in [-0.15, -0.1) is 0 Å². The quantitative estimate of drug-likeness (QED) is 0.668. The topological polar surface area (TPSA) is 66.5 Å². The number of Topliss-reactive ketones (excluding diaryl/α,β-unsaturated/α-hetero) is 1. The van der Waals surface area contributed by atoms with Crippen LogP contribution in [-0.4, -0.2) is 29.0 Å². The smallest absolute Gasteiger partial charge is 0.239 e. The Labute approximate surface area is 159 Å². The largest absolute Gasteiger partial charge is 0.337 e. The standard InChI is InChI=1S/C22H24N2O3/c1-15(25)16-8-10-19(11-9-16)23-20(26)22(2,3)21(27)24-13-12-17-6-4-5-7-18(17)14-24/h4-11H,12-14H2,1-3H3,(H,23,26). The summed E-state index contributed by atoms with van der Waals surface area (Å²) in [6.07, 6.45) is 0.798. The summed E-state index contributed by atoms with van der Waals surface area (Å²) in [4.78, 5) is 38.9. The summed E-state index contributed by atoms with van der Waals surface area (Å²) in [5.41, 5.74) is 2.35. The summed E-state index contributed by atoms with van der Waals surface area (Å²) >= 11 is 0. The average Bonchev–Trinajstić information content (AvgIpc) is 2.67. The van der Waals surface area contributed by atoms with E-state index in [1.807, 2.05) is 18.2 Å². The zero-order valence-corrected chi connectivity index (χ0v) is 15.9. The molecular weight excluding hydrogens is 340 g/mol. The van der Waals surface area contributed by atoms with Crippen LogP contribution < -0.4 is 5.32 Å². The lowest BCUT2D eigenvalue weighted by Gasteiger charge is -2.34. The van der Waals surface area contributed by atoms with Gasteiger partial charge in [0.15, 0.2) is 5.78 Å². The van der Waals surface area contributed by atoms with E-state index in [0.29, 0.717) is 24.3 Å². The van der Waals surface area contributed by atoms with E-state index in [-0.39, 0.29) is 17.6 Å². The molecule has 0 aromatic heterocycles. The molecule has 1 N–H and O–H groups in total. The van der Waals surface area contributed by atoms with E-state index in [4.69, 9.17) is 0 Å². The highest BCUT2D eigenvalue weighted by atomic mass is 16.2. The molecule has 0 spiro atoms. The third kappa shape index (κ3) is 3.92. The van der Waals surface area contributed by atoms with Crippen LogP contribution in [0.5, 0.6) is 0 Å². The first-order valence-corrected chi connectivity index (χ1v) is 9.07. The second-order valence-corrected chi connectivity index (χ2v) is 7.46. The van der Waals surface area contributed by atoms with Crippen molar-refractivity contribution < 1.29 is 14.4 Å². The van der Waals surface area contributed by atoms with Crippen LogP contribution in [0.3, 0.4) is 0 Å². The van der Waals surface area contributed by atoms with E-state index in [9.17, 15) is 14.4 Å². The number of fused-ring (bicyclic) bond motifs is 1. The Kier molecular flexibility index (Phi) is 5.13. The number of benzene rings is 2. The number of hydrogen-bond donors (Lipinski definition) is 1. The van der Waals surface area contributed by atoms with Gasteiger partial charge in [-0.1, -0.05) is 24.3 Å². The van der Waals surface area contributed by atoms with E-state index < -0.39 is 5.41 Å². The number of hydrogen-bond acceptors (Lipinski definition) is 3. The minimum Gasteiger partial charge on any atom is -0.337 e. The number of anilines is 1. The minimum atomic E-state index is -1.19. The van der Waals surface area contributed by atoms with Crippen molar-refractivity contribution in [3.05, 3.63) is 65.2 Å². The summed E-state index contributed by atoms with van der Waals surface area (Å²) in [7, 11) is 0. The first kappa shape index (κ1) is 18.8. The molecule has 5 nitrogen and oxygen atoms in total. The molecule has 5 heteroatoms. The van der Waals surface area contributed by atoms with Gasteiger partial charge < -0.3 is 10.2 Å². The van der Waals surface area contributed by atoms with E-state index in [2.05, 4.69) is 11.4 Å². The zero-order valence-electron chi connectivity index (χ0n) is 15.9. The molecule has 3 rings (SSSR count). The molecular formula is C22H24N2O3. The van der Waals surface area contributed by atoms with Crippen LogP contribution in [0.1, 0.15) is 42.3 Å². The maximum atomic E-state index is 13.0. The molecule has 1 aliphatic heterocycles. The van der Waals surface area contributed by atoms with Crippen molar-refractivity contribution >= 4 is 23.3 Å².